The van der Waals surface area contributed by atoms with Gasteiger partial charge in [-0.05, 0) is 87.7 Å². The van der Waals surface area contributed by atoms with E-state index >= 15 is 0 Å². The number of piperazine rings is 1. The van der Waals surface area contributed by atoms with Crippen molar-refractivity contribution in [3.05, 3.63) is 77.7 Å². The van der Waals surface area contributed by atoms with Crippen LogP contribution in [0.2, 0.25) is 0 Å². The zero-order valence-electron chi connectivity index (χ0n) is 23.3. The standard InChI is InChI=1S/C32H39N5O3/c1-24-7-2-3-8-27(24)36-16-18-37(19-17-36)28-11-10-25(21-26(28)34-31(39)29-9-6-20-40-29)30(38)33-22-32(12-13-32)23-35-14-4-5-15-35/h2-3,6-11,20-21H,4-5,12-19,22-23H2,1H3,(H,33,38)(H,34,39). The van der Waals surface area contributed by atoms with Gasteiger partial charge in [-0.25, -0.2) is 0 Å². The highest BCUT2D eigenvalue weighted by molar-refractivity contribution is 6.05. The summed E-state index contributed by atoms with van der Waals surface area (Å²) < 4.78 is 5.33. The predicted octanol–water partition coefficient (Wildman–Crippen LogP) is 4.77. The first-order valence-electron chi connectivity index (χ1n) is 14.5. The van der Waals surface area contributed by atoms with Gasteiger partial charge >= 0.3 is 0 Å². The van der Waals surface area contributed by atoms with Crippen LogP contribution < -0.4 is 20.4 Å². The maximum Gasteiger partial charge on any atom is 0.291 e. The topological polar surface area (TPSA) is 81.1 Å². The SMILES string of the molecule is Cc1ccccc1N1CCN(c2ccc(C(=O)NCC3(CN4CCCC4)CC3)cc2NC(=O)c2ccco2)CC1. The molecule has 3 fully saturated rings. The van der Waals surface area contributed by atoms with Crippen LogP contribution in [0, 0.1) is 12.3 Å². The number of hydrogen-bond acceptors (Lipinski definition) is 6. The second-order valence-corrected chi connectivity index (χ2v) is 11.6. The number of amides is 2. The van der Waals surface area contributed by atoms with Crippen molar-refractivity contribution in [1.29, 1.82) is 0 Å². The highest BCUT2D eigenvalue weighted by atomic mass is 16.3. The zero-order valence-corrected chi connectivity index (χ0v) is 23.3. The Morgan fingerprint density at radius 3 is 2.25 bits per heavy atom. The van der Waals surface area contributed by atoms with Crippen molar-refractivity contribution in [3.8, 4) is 0 Å². The molecule has 210 valence electrons. The molecule has 2 aliphatic heterocycles. The lowest BCUT2D eigenvalue weighted by molar-refractivity contribution is 0.0938. The van der Waals surface area contributed by atoms with Crippen LogP contribution >= 0.6 is 0 Å². The van der Waals surface area contributed by atoms with Gasteiger partial charge in [0, 0.05) is 55.9 Å². The van der Waals surface area contributed by atoms with Gasteiger partial charge in [0.05, 0.1) is 17.6 Å². The minimum absolute atomic E-state index is 0.0999. The smallest absolute Gasteiger partial charge is 0.291 e. The average Bonchev–Trinajstić information content (AvgIpc) is 3.33. The Labute approximate surface area is 236 Å². The van der Waals surface area contributed by atoms with Crippen LogP contribution in [-0.4, -0.2) is 69.1 Å². The Kier molecular flexibility index (Phi) is 7.52. The minimum Gasteiger partial charge on any atom is -0.459 e. The van der Waals surface area contributed by atoms with Gasteiger partial charge < -0.3 is 29.8 Å². The van der Waals surface area contributed by atoms with Crippen LogP contribution in [0.4, 0.5) is 17.1 Å². The fourth-order valence-corrected chi connectivity index (χ4v) is 6.10. The molecule has 0 unspecified atom stereocenters. The molecule has 3 aliphatic rings. The van der Waals surface area contributed by atoms with E-state index in [1.54, 1.807) is 18.2 Å². The lowest BCUT2D eigenvalue weighted by Gasteiger charge is -2.38. The number of carbonyl (C=O) groups excluding carboxylic acids is 2. The quantitative estimate of drug-likeness (QED) is 0.406. The first-order chi connectivity index (χ1) is 19.5. The van der Waals surface area contributed by atoms with Gasteiger partial charge in [0.25, 0.3) is 11.8 Å². The van der Waals surface area contributed by atoms with Crippen LogP contribution in [0.3, 0.4) is 0 Å². The molecule has 3 heterocycles. The molecule has 2 saturated heterocycles. The molecule has 8 nitrogen and oxygen atoms in total. The van der Waals surface area contributed by atoms with E-state index in [9.17, 15) is 9.59 Å². The molecular weight excluding hydrogens is 502 g/mol. The molecule has 8 heteroatoms. The summed E-state index contributed by atoms with van der Waals surface area (Å²) in [6.45, 7) is 9.63. The minimum atomic E-state index is -0.329. The summed E-state index contributed by atoms with van der Waals surface area (Å²) >= 11 is 0. The van der Waals surface area contributed by atoms with Crippen LogP contribution in [-0.2, 0) is 0 Å². The first kappa shape index (κ1) is 26.4. The van der Waals surface area contributed by atoms with E-state index in [0.717, 1.165) is 38.4 Å². The Bertz CT molecular complexity index is 1340. The number of likely N-dealkylation sites (tertiary alicyclic amines) is 1. The third kappa shape index (κ3) is 5.87. The first-order valence-corrected chi connectivity index (χ1v) is 14.5. The number of para-hydroxylation sites is 1. The monoisotopic (exact) mass is 541 g/mol. The van der Waals surface area contributed by atoms with Crippen molar-refractivity contribution in [1.82, 2.24) is 10.2 Å². The fraction of sp³-hybridized carbons (Fsp3) is 0.438. The maximum absolute atomic E-state index is 13.3. The van der Waals surface area contributed by atoms with Crippen LogP contribution in [0.25, 0.3) is 0 Å². The molecule has 0 radical (unpaired) electrons. The van der Waals surface area contributed by atoms with E-state index in [2.05, 4.69) is 56.5 Å². The number of anilines is 3. The second-order valence-electron chi connectivity index (χ2n) is 11.6. The van der Waals surface area contributed by atoms with Gasteiger partial charge in [-0.3, -0.25) is 9.59 Å². The highest BCUT2D eigenvalue weighted by Crippen LogP contribution is 2.46. The molecule has 1 aromatic heterocycles. The van der Waals surface area contributed by atoms with E-state index in [1.165, 1.54) is 56.3 Å². The molecule has 1 aliphatic carbocycles. The summed E-state index contributed by atoms with van der Waals surface area (Å²) in [7, 11) is 0. The summed E-state index contributed by atoms with van der Waals surface area (Å²) in [5, 5.41) is 6.21. The maximum atomic E-state index is 13.3. The molecule has 1 saturated carbocycles. The highest BCUT2D eigenvalue weighted by Gasteiger charge is 2.44. The normalized spacial score (nSPS) is 18.5. The second kappa shape index (κ2) is 11.4. The summed E-state index contributed by atoms with van der Waals surface area (Å²) in [6, 6.07) is 17.4. The van der Waals surface area contributed by atoms with Crippen LogP contribution in [0.5, 0.6) is 0 Å². The summed E-state index contributed by atoms with van der Waals surface area (Å²) in [6.07, 6.45) is 6.38. The van der Waals surface area contributed by atoms with Crippen molar-refractivity contribution in [3.63, 3.8) is 0 Å². The number of furan rings is 1. The molecule has 0 atom stereocenters. The van der Waals surface area contributed by atoms with E-state index in [1.807, 2.05) is 12.1 Å². The fourth-order valence-electron chi connectivity index (χ4n) is 6.10. The third-order valence-corrected chi connectivity index (χ3v) is 8.67. The molecule has 40 heavy (non-hydrogen) atoms. The molecular formula is C32H39N5O3. The Morgan fingerprint density at radius 1 is 0.850 bits per heavy atom. The molecule has 2 N–H and O–H groups in total. The van der Waals surface area contributed by atoms with Crippen molar-refractivity contribution in [2.75, 3.05) is 67.5 Å². The molecule has 0 bridgehead atoms. The Balaban J connectivity index is 1.16. The zero-order chi connectivity index (χ0) is 27.5. The summed E-state index contributed by atoms with van der Waals surface area (Å²) in [5.74, 6) is -0.190. The van der Waals surface area contributed by atoms with Gasteiger partial charge in [0.2, 0.25) is 0 Å². The van der Waals surface area contributed by atoms with Gasteiger partial charge in [0.15, 0.2) is 5.76 Å². The Morgan fingerprint density at radius 2 is 1.57 bits per heavy atom. The van der Waals surface area contributed by atoms with E-state index in [4.69, 9.17) is 4.42 Å². The van der Waals surface area contributed by atoms with Gasteiger partial charge in [-0.2, -0.15) is 0 Å². The van der Waals surface area contributed by atoms with Crippen molar-refractivity contribution >= 4 is 28.9 Å². The summed E-state index contributed by atoms with van der Waals surface area (Å²) in [4.78, 5) is 33.5. The Hall–Kier alpha value is -3.78. The molecule has 2 amide bonds. The lowest BCUT2D eigenvalue weighted by Crippen LogP contribution is -2.47. The van der Waals surface area contributed by atoms with Crippen molar-refractivity contribution in [2.45, 2.75) is 32.6 Å². The van der Waals surface area contributed by atoms with E-state index in [-0.39, 0.29) is 23.0 Å². The number of carbonyl (C=O) groups is 2. The molecule has 3 aromatic rings. The van der Waals surface area contributed by atoms with Gasteiger partial charge in [0.1, 0.15) is 0 Å². The summed E-state index contributed by atoms with van der Waals surface area (Å²) in [5.41, 5.74) is 4.83. The number of nitrogens with one attached hydrogen (secondary N) is 2. The van der Waals surface area contributed by atoms with Gasteiger partial charge in [-0.15, -0.1) is 0 Å². The number of aryl methyl sites for hydroxylation is 1. The number of rotatable bonds is 9. The van der Waals surface area contributed by atoms with Gasteiger partial charge in [-0.1, -0.05) is 18.2 Å². The van der Waals surface area contributed by atoms with E-state index in [0.29, 0.717) is 17.8 Å². The number of benzene rings is 2. The average molecular weight is 542 g/mol. The van der Waals surface area contributed by atoms with E-state index < -0.39 is 0 Å². The van der Waals surface area contributed by atoms with Crippen molar-refractivity contribution < 1.29 is 14.0 Å². The van der Waals surface area contributed by atoms with Crippen LogP contribution in [0.15, 0.2) is 65.3 Å². The number of hydrogen-bond donors (Lipinski definition) is 2. The number of nitrogens with zero attached hydrogens (tertiary/aromatic N) is 3. The molecule has 2 aromatic carbocycles. The third-order valence-electron chi connectivity index (χ3n) is 8.67. The molecule has 6 rings (SSSR count). The van der Waals surface area contributed by atoms with Crippen LogP contribution in [0.1, 0.15) is 52.2 Å². The largest absolute Gasteiger partial charge is 0.459 e. The van der Waals surface area contributed by atoms with Crippen molar-refractivity contribution in [2.24, 2.45) is 5.41 Å². The predicted molar refractivity (Wildman–Crippen MR) is 158 cm³/mol. The lowest BCUT2D eigenvalue weighted by atomic mass is 10.1. The molecule has 0 spiro atoms.